The third kappa shape index (κ3) is 1.65. The van der Waals surface area contributed by atoms with E-state index >= 15 is 0 Å². The molecule has 2 aromatic rings. The molecule has 0 bridgehead atoms. The van der Waals surface area contributed by atoms with Crippen molar-refractivity contribution in [1.29, 1.82) is 0 Å². The average molecular weight is 277 g/mol. The molecule has 80 valence electrons. The number of benzene rings is 1. The Morgan fingerprint density at radius 3 is 2.75 bits per heavy atom. The molecule has 2 radical (unpaired) electrons. The number of fused-ring (bicyclic) bond motifs is 1. The van der Waals surface area contributed by atoms with Gasteiger partial charge in [-0.1, -0.05) is 0 Å². The van der Waals surface area contributed by atoms with E-state index < -0.39 is 11.5 Å². The number of hydrogen-bond donors (Lipinski definition) is 1. The second kappa shape index (κ2) is 3.80. The number of hydrogen-bond acceptors (Lipinski definition) is 3. The van der Waals surface area contributed by atoms with E-state index in [0.717, 1.165) is 4.35 Å². The summed E-state index contributed by atoms with van der Waals surface area (Å²) in [5.74, 6) is -0.617. The Bertz CT molecular complexity index is 645. The van der Waals surface area contributed by atoms with E-state index in [1.165, 1.54) is 6.92 Å². The molecule has 16 heavy (non-hydrogen) atoms. The topological polar surface area (TPSA) is 73.3 Å². The Hall–Kier alpha value is -1.54. The first kappa shape index (κ1) is 11.0. The molecule has 5 heteroatoms. The summed E-state index contributed by atoms with van der Waals surface area (Å²) in [7, 11) is 0. The van der Waals surface area contributed by atoms with Crippen LogP contribution in [0, 0.1) is 6.92 Å². The van der Waals surface area contributed by atoms with Gasteiger partial charge in [0.25, 0.3) is 0 Å². The summed E-state index contributed by atoms with van der Waals surface area (Å²) >= 11 is 2.34. The number of rotatable bonds is 1. The van der Waals surface area contributed by atoms with Crippen LogP contribution in [0.5, 0.6) is 0 Å². The summed E-state index contributed by atoms with van der Waals surface area (Å²) in [6.07, 6.45) is 0. The van der Waals surface area contributed by atoms with Crippen LogP contribution in [0.15, 0.2) is 27.4 Å². The van der Waals surface area contributed by atoms with Crippen molar-refractivity contribution in [1.82, 2.24) is 0 Å². The van der Waals surface area contributed by atoms with Crippen LogP contribution in [0.4, 0.5) is 0 Å². The molecule has 0 aliphatic heterocycles. The Balaban J connectivity index is 3.00. The quantitative estimate of drug-likeness (QED) is 0.588. The first-order valence-corrected chi connectivity index (χ1v) is 5.51. The predicted molar refractivity (Wildman–Crippen MR) is 61.1 cm³/mol. The van der Waals surface area contributed by atoms with Crippen molar-refractivity contribution in [2.75, 3.05) is 0 Å². The molecule has 0 unspecified atom stereocenters. The molecular weight excluding hydrogens is 269 g/mol. The van der Waals surface area contributed by atoms with Crippen LogP contribution in [-0.4, -0.2) is 22.8 Å². The van der Waals surface area contributed by atoms with E-state index in [1.807, 2.05) is 6.07 Å². The van der Waals surface area contributed by atoms with Gasteiger partial charge in [-0.15, -0.1) is 0 Å². The van der Waals surface area contributed by atoms with E-state index in [4.69, 9.17) is 10.2 Å². The van der Waals surface area contributed by atoms with Gasteiger partial charge in [-0.25, -0.2) is 0 Å². The normalized spacial score (nSPS) is 10.6. The molecule has 0 aliphatic rings. The molecule has 0 saturated carbocycles. The minimum absolute atomic E-state index is 0.235. The first-order valence-electron chi connectivity index (χ1n) is 4.57. The molecule has 0 saturated heterocycles. The Morgan fingerprint density at radius 1 is 1.44 bits per heavy atom. The summed E-state index contributed by atoms with van der Waals surface area (Å²) in [5.41, 5.74) is 5.60. The zero-order valence-corrected chi connectivity index (χ0v) is 10.4. The Labute approximate surface area is 99.9 Å². The van der Waals surface area contributed by atoms with Crippen molar-refractivity contribution in [2.24, 2.45) is 5.73 Å². The molecule has 0 aliphatic carbocycles. The average Bonchev–Trinajstić information content (AvgIpc) is 2.19. The standard InChI is InChI=1S/C11H8AsNO3/c1-5-9(10(13)14)7-3-2-6(12)4-8(7)16-11(5)15/h2-4H,1H3,(H2,13,14). The van der Waals surface area contributed by atoms with E-state index in [0.29, 0.717) is 11.0 Å². The van der Waals surface area contributed by atoms with Crippen molar-refractivity contribution >= 4 is 38.1 Å². The van der Waals surface area contributed by atoms with E-state index in [-0.39, 0.29) is 11.1 Å². The van der Waals surface area contributed by atoms with Crippen molar-refractivity contribution in [3.63, 3.8) is 0 Å². The predicted octanol–water partition coefficient (Wildman–Crippen LogP) is -0.00588. The summed E-state index contributed by atoms with van der Waals surface area (Å²) in [5, 5.41) is 0.569. The van der Waals surface area contributed by atoms with Gasteiger partial charge < -0.3 is 0 Å². The summed E-state index contributed by atoms with van der Waals surface area (Å²) in [4.78, 5) is 22.8. The molecule has 0 spiro atoms. The van der Waals surface area contributed by atoms with Gasteiger partial charge in [0.15, 0.2) is 0 Å². The summed E-state index contributed by atoms with van der Waals surface area (Å²) in [6.45, 7) is 1.53. The molecular formula is C11H8AsNO3. The number of carbonyl (C=O) groups is 1. The van der Waals surface area contributed by atoms with E-state index in [9.17, 15) is 9.59 Å². The van der Waals surface area contributed by atoms with Crippen LogP contribution < -0.4 is 15.7 Å². The van der Waals surface area contributed by atoms with Crippen molar-refractivity contribution in [3.05, 3.63) is 39.7 Å². The van der Waals surface area contributed by atoms with E-state index in [2.05, 4.69) is 16.9 Å². The number of carbonyl (C=O) groups excluding carboxylic acids is 1. The van der Waals surface area contributed by atoms with Gasteiger partial charge in [-0.05, 0) is 0 Å². The second-order valence-corrected chi connectivity index (χ2v) is 4.52. The Kier molecular flexibility index (Phi) is 2.60. The van der Waals surface area contributed by atoms with Gasteiger partial charge in [-0.2, -0.15) is 0 Å². The van der Waals surface area contributed by atoms with Crippen LogP contribution >= 0.6 is 0 Å². The molecule has 2 N–H and O–H groups in total. The van der Waals surface area contributed by atoms with Gasteiger partial charge in [0.1, 0.15) is 0 Å². The third-order valence-corrected chi connectivity index (χ3v) is 2.95. The molecule has 1 aromatic heterocycles. The number of primary amides is 1. The van der Waals surface area contributed by atoms with Crippen LogP contribution in [0.2, 0.25) is 0 Å². The Morgan fingerprint density at radius 2 is 2.12 bits per heavy atom. The van der Waals surface area contributed by atoms with Crippen LogP contribution in [0.1, 0.15) is 15.9 Å². The van der Waals surface area contributed by atoms with Gasteiger partial charge in [-0.3, -0.25) is 0 Å². The van der Waals surface area contributed by atoms with Crippen molar-refractivity contribution in [2.45, 2.75) is 6.92 Å². The monoisotopic (exact) mass is 277 g/mol. The molecule has 0 atom stereocenters. The van der Waals surface area contributed by atoms with Crippen LogP contribution in [0.25, 0.3) is 11.0 Å². The summed E-state index contributed by atoms with van der Waals surface area (Å²) in [6, 6.07) is 5.22. The van der Waals surface area contributed by atoms with Gasteiger partial charge in [0, 0.05) is 0 Å². The minimum atomic E-state index is -0.617. The number of nitrogens with two attached hydrogens (primary N) is 1. The molecule has 1 amide bonds. The molecule has 1 aromatic carbocycles. The molecule has 1 heterocycles. The molecule has 2 rings (SSSR count). The van der Waals surface area contributed by atoms with Gasteiger partial charge >= 0.3 is 99.7 Å². The zero-order chi connectivity index (χ0) is 11.9. The first-order chi connectivity index (χ1) is 7.50. The van der Waals surface area contributed by atoms with Gasteiger partial charge in [0.2, 0.25) is 0 Å². The van der Waals surface area contributed by atoms with E-state index in [1.54, 1.807) is 12.1 Å². The molecule has 0 fully saturated rings. The fourth-order valence-corrected chi connectivity index (χ4v) is 2.00. The van der Waals surface area contributed by atoms with Crippen LogP contribution in [0.3, 0.4) is 0 Å². The maximum atomic E-state index is 11.5. The third-order valence-electron chi connectivity index (χ3n) is 2.36. The summed E-state index contributed by atoms with van der Waals surface area (Å²) < 4.78 is 5.98. The number of amides is 1. The maximum absolute atomic E-state index is 11.5. The fourth-order valence-electron chi connectivity index (χ4n) is 1.60. The second-order valence-electron chi connectivity index (χ2n) is 3.43. The van der Waals surface area contributed by atoms with Crippen molar-refractivity contribution < 1.29 is 9.21 Å². The van der Waals surface area contributed by atoms with Gasteiger partial charge in [0.05, 0.1) is 0 Å². The molecule has 4 nitrogen and oxygen atoms in total. The fraction of sp³-hybridized carbons (Fsp3) is 0.0909. The van der Waals surface area contributed by atoms with Crippen LogP contribution in [-0.2, 0) is 0 Å². The zero-order valence-electron chi connectivity index (χ0n) is 8.48. The van der Waals surface area contributed by atoms with Crippen molar-refractivity contribution in [3.8, 4) is 0 Å². The SMILES string of the molecule is Cc1c(C(N)=O)c2ccc([As])cc2oc1=O.